The van der Waals surface area contributed by atoms with Crippen LogP contribution >= 0.6 is 27.3 Å². The van der Waals surface area contributed by atoms with Crippen LogP contribution in [0.1, 0.15) is 17.3 Å². The highest BCUT2D eigenvalue weighted by atomic mass is 79.9. The normalized spacial score (nSPS) is 12.4. The second kappa shape index (κ2) is 9.86. The van der Waals surface area contributed by atoms with Crippen molar-refractivity contribution in [3.8, 4) is 0 Å². The third kappa shape index (κ3) is 4.95. The molecule has 3 aromatic rings. The number of sulfonamides is 1. The third-order valence-corrected chi connectivity index (χ3v) is 7.94. The average molecular weight is 520 g/mol. The van der Waals surface area contributed by atoms with Gasteiger partial charge in [-0.3, -0.25) is 4.79 Å². The SMILES string of the molecule is C=CCN(CC=C)S(=O)(=O)c1ccc(C(=O)N=c2sc3cc(Br)ccc3n2CC)cc1. The number of halogens is 1. The molecule has 3 rings (SSSR count). The summed E-state index contributed by atoms with van der Waals surface area (Å²) in [4.78, 5) is 17.7. The maximum Gasteiger partial charge on any atom is 0.279 e. The average Bonchev–Trinajstić information content (AvgIpc) is 3.09. The van der Waals surface area contributed by atoms with Crippen LogP contribution in [0.2, 0.25) is 0 Å². The molecule has 0 fully saturated rings. The molecule has 1 amide bonds. The number of amides is 1. The van der Waals surface area contributed by atoms with Crippen molar-refractivity contribution in [2.45, 2.75) is 18.4 Å². The molecule has 31 heavy (non-hydrogen) atoms. The van der Waals surface area contributed by atoms with Gasteiger partial charge in [0, 0.05) is 29.7 Å². The van der Waals surface area contributed by atoms with E-state index in [0.717, 1.165) is 14.7 Å². The van der Waals surface area contributed by atoms with E-state index in [-0.39, 0.29) is 18.0 Å². The molecule has 9 heteroatoms. The standard InChI is InChI=1S/C22H22BrN3O3S2/c1-4-13-25(14-5-2)31(28,29)18-10-7-16(8-11-18)21(27)24-22-26(6-3)19-12-9-17(23)15-20(19)30-22/h4-5,7-12,15H,1-2,6,13-14H2,3H3. The van der Waals surface area contributed by atoms with Crippen LogP contribution in [0.3, 0.4) is 0 Å². The highest BCUT2D eigenvalue weighted by Crippen LogP contribution is 2.22. The van der Waals surface area contributed by atoms with Gasteiger partial charge in [0.1, 0.15) is 0 Å². The van der Waals surface area contributed by atoms with Gasteiger partial charge in [0.05, 0.1) is 15.1 Å². The van der Waals surface area contributed by atoms with Gasteiger partial charge in [-0.25, -0.2) is 8.42 Å². The summed E-state index contributed by atoms with van der Waals surface area (Å²) in [5.74, 6) is -0.425. The van der Waals surface area contributed by atoms with Gasteiger partial charge in [-0.2, -0.15) is 9.30 Å². The minimum atomic E-state index is -3.72. The van der Waals surface area contributed by atoms with Crippen molar-refractivity contribution in [1.82, 2.24) is 8.87 Å². The van der Waals surface area contributed by atoms with Crippen LogP contribution in [-0.2, 0) is 16.6 Å². The fraction of sp³-hybridized carbons (Fsp3) is 0.182. The summed E-state index contributed by atoms with van der Waals surface area (Å²) in [5, 5.41) is 0. The Hall–Kier alpha value is -2.33. The van der Waals surface area contributed by atoms with E-state index < -0.39 is 15.9 Å². The van der Waals surface area contributed by atoms with Crippen LogP contribution in [0.5, 0.6) is 0 Å². The van der Waals surface area contributed by atoms with E-state index in [2.05, 4.69) is 34.1 Å². The Bertz CT molecular complexity index is 1300. The van der Waals surface area contributed by atoms with Gasteiger partial charge in [0.2, 0.25) is 10.0 Å². The first-order chi connectivity index (χ1) is 14.8. The lowest BCUT2D eigenvalue weighted by molar-refractivity contribution is 0.0997. The molecular formula is C22H22BrN3O3S2. The topological polar surface area (TPSA) is 71.7 Å². The number of rotatable bonds is 8. The monoisotopic (exact) mass is 519 g/mol. The van der Waals surface area contributed by atoms with E-state index in [1.54, 1.807) is 0 Å². The molecule has 0 saturated heterocycles. The number of nitrogens with zero attached hydrogens (tertiary/aromatic N) is 3. The van der Waals surface area contributed by atoms with Crippen LogP contribution < -0.4 is 4.80 Å². The molecule has 0 N–H and O–H groups in total. The second-order valence-corrected chi connectivity index (χ2v) is 10.4. The van der Waals surface area contributed by atoms with Crippen LogP contribution in [0.4, 0.5) is 0 Å². The fourth-order valence-electron chi connectivity index (χ4n) is 3.07. The van der Waals surface area contributed by atoms with Gasteiger partial charge in [0.15, 0.2) is 4.80 Å². The van der Waals surface area contributed by atoms with Gasteiger partial charge >= 0.3 is 0 Å². The molecule has 0 spiro atoms. The van der Waals surface area contributed by atoms with Gasteiger partial charge < -0.3 is 4.57 Å². The number of hydrogen-bond donors (Lipinski definition) is 0. The molecule has 0 saturated carbocycles. The summed E-state index contributed by atoms with van der Waals surface area (Å²) in [6, 6.07) is 11.8. The van der Waals surface area contributed by atoms with Gasteiger partial charge in [-0.05, 0) is 49.4 Å². The minimum absolute atomic E-state index is 0.100. The predicted octanol–water partition coefficient (Wildman–Crippen LogP) is 4.59. The summed E-state index contributed by atoms with van der Waals surface area (Å²) >= 11 is 4.90. The first kappa shape index (κ1) is 23.3. The maximum atomic E-state index is 12.8. The smallest absolute Gasteiger partial charge is 0.279 e. The second-order valence-electron chi connectivity index (χ2n) is 6.58. The Morgan fingerprint density at radius 2 is 1.81 bits per heavy atom. The highest BCUT2D eigenvalue weighted by Gasteiger charge is 2.22. The van der Waals surface area contributed by atoms with Crippen molar-refractivity contribution in [3.05, 3.63) is 82.6 Å². The van der Waals surface area contributed by atoms with Gasteiger partial charge in [0.25, 0.3) is 5.91 Å². The molecule has 0 bridgehead atoms. The predicted molar refractivity (Wildman–Crippen MR) is 129 cm³/mol. The molecular weight excluding hydrogens is 498 g/mol. The molecule has 0 radical (unpaired) electrons. The Morgan fingerprint density at radius 1 is 1.16 bits per heavy atom. The number of aromatic nitrogens is 1. The zero-order valence-electron chi connectivity index (χ0n) is 17.0. The van der Waals surface area contributed by atoms with Crippen molar-refractivity contribution in [1.29, 1.82) is 0 Å². The fourth-order valence-corrected chi connectivity index (χ4v) is 6.09. The van der Waals surface area contributed by atoms with Crippen LogP contribution in [0.25, 0.3) is 10.2 Å². The number of hydrogen-bond acceptors (Lipinski definition) is 4. The number of carbonyl (C=O) groups excluding carboxylic acids is 1. The molecule has 1 heterocycles. The van der Waals surface area contributed by atoms with E-state index in [4.69, 9.17) is 0 Å². The van der Waals surface area contributed by atoms with E-state index in [1.807, 2.05) is 29.7 Å². The molecule has 1 aromatic heterocycles. The third-order valence-electron chi connectivity index (χ3n) is 4.56. The van der Waals surface area contributed by atoms with Crippen LogP contribution in [-0.4, -0.2) is 36.3 Å². The Morgan fingerprint density at radius 3 is 2.39 bits per heavy atom. The van der Waals surface area contributed by atoms with E-state index in [1.165, 1.54) is 52.1 Å². The minimum Gasteiger partial charge on any atom is -0.317 e. The molecule has 0 aliphatic rings. The summed E-state index contributed by atoms with van der Waals surface area (Å²) in [6.45, 7) is 10.2. The van der Waals surface area contributed by atoms with Crippen LogP contribution in [0, 0.1) is 0 Å². The first-order valence-electron chi connectivity index (χ1n) is 9.51. The molecule has 0 atom stereocenters. The molecule has 0 unspecified atom stereocenters. The zero-order valence-corrected chi connectivity index (χ0v) is 20.2. The largest absolute Gasteiger partial charge is 0.317 e. The summed E-state index contributed by atoms with van der Waals surface area (Å²) in [7, 11) is -3.72. The Labute approximate surface area is 194 Å². The maximum absolute atomic E-state index is 12.8. The van der Waals surface area contributed by atoms with Crippen molar-refractivity contribution >= 4 is 53.4 Å². The number of benzene rings is 2. The van der Waals surface area contributed by atoms with E-state index in [9.17, 15) is 13.2 Å². The Kier molecular flexibility index (Phi) is 7.42. The quantitative estimate of drug-likeness (QED) is 0.408. The summed E-state index contributed by atoms with van der Waals surface area (Å²) in [6.07, 6.45) is 3.04. The molecule has 0 aliphatic heterocycles. The summed E-state index contributed by atoms with van der Waals surface area (Å²) < 4.78 is 30.8. The number of aryl methyl sites for hydroxylation is 1. The van der Waals surface area contributed by atoms with Crippen LogP contribution in [0.15, 0.2) is 82.1 Å². The number of carbonyl (C=O) groups is 1. The van der Waals surface area contributed by atoms with Gasteiger partial charge in [-0.1, -0.05) is 39.4 Å². The van der Waals surface area contributed by atoms with Crippen molar-refractivity contribution < 1.29 is 13.2 Å². The molecule has 162 valence electrons. The van der Waals surface area contributed by atoms with Crippen molar-refractivity contribution in [2.75, 3.05) is 13.1 Å². The Balaban J connectivity index is 1.95. The zero-order chi connectivity index (χ0) is 22.6. The van der Waals surface area contributed by atoms with E-state index in [0.29, 0.717) is 16.9 Å². The lowest BCUT2D eigenvalue weighted by Gasteiger charge is -2.19. The lowest BCUT2D eigenvalue weighted by atomic mass is 10.2. The van der Waals surface area contributed by atoms with Gasteiger partial charge in [-0.15, -0.1) is 13.2 Å². The number of thiazole rings is 1. The molecule has 6 nitrogen and oxygen atoms in total. The lowest BCUT2D eigenvalue weighted by Crippen LogP contribution is -2.31. The molecule has 0 aliphatic carbocycles. The molecule has 2 aromatic carbocycles. The summed E-state index contributed by atoms with van der Waals surface area (Å²) in [5.41, 5.74) is 1.33. The highest BCUT2D eigenvalue weighted by molar-refractivity contribution is 9.10. The van der Waals surface area contributed by atoms with E-state index >= 15 is 0 Å². The first-order valence-corrected chi connectivity index (χ1v) is 12.6. The van der Waals surface area contributed by atoms with Crippen molar-refractivity contribution in [3.63, 3.8) is 0 Å². The van der Waals surface area contributed by atoms with Crippen molar-refractivity contribution in [2.24, 2.45) is 4.99 Å². The number of fused-ring (bicyclic) bond motifs is 1.